The number of hydrogen-bond donors (Lipinski definition) is 1. The largest absolute Gasteiger partial charge is 0.347 e. The first-order valence-electron chi connectivity index (χ1n) is 11.2. The zero-order chi connectivity index (χ0) is 19.9. The van der Waals surface area contributed by atoms with Crippen molar-refractivity contribution in [2.45, 2.75) is 85.0 Å². The molecule has 4 heteroatoms. The van der Waals surface area contributed by atoms with Crippen LogP contribution in [0.2, 0.25) is 0 Å². The third kappa shape index (κ3) is 9.52. The van der Waals surface area contributed by atoms with Gasteiger partial charge in [-0.25, -0.2) is 9.34 Å². The molecule has 0 aromatic heterocycles. The first-order chi connectivity index (χ1) is 13.2. The topological polar surface area (TPSA) is 26.7 Å². The Hall–Kier alpha value is -0.470. The lowest BCUT2D eigenvalue weighted by Gasteiger charge is -2.35. The van der Waals surface area contributed by atoms with Gasteiger partial charge in [0.25, 0.3) is 0 Å². The summed E-state index contributed by atoms with van der Waals surface area (Å²) < 4.78 is 4.48. The summed E-state index contributed by atoms with van der Waals surface area (Å²) in [5, 5.41) is 0. The highest BCUT2D eigenvalue weighted by atomic mass is 31.2. The van der Waals surface area contributed by atoms with Gasteiger partial charge in [-0.3, -0.25) is 0 Å². The number of likely N-dealkylation sites (N-methyl/N-ethyl adjacent to an activating group) is 1. The molecule has 2 atom stereocenters. The van der Waals surface area contributed by atoms with E-state index in [0.717, 1.165) is 26.2 Å². The highest BCUT2D eigenvalue weighted by Crippen LogP contribution is 2.41. The van der Waals surface area contributed by atoms with Gasteiger partial charge in [0, 0.05) is 26.2 Å². The molecule has 0 bridgehead atoms. The Morgan fingerprint density at radius 3 is 1.89 bits per heavy atom. The normalized spacial score (nSPS) is 14.0. The standard InChI is InChI=1S/C23H43N2OP/c1-5-9-10-11-12-13-15-20-23(22-18-16-14-17-19-22)21-25(8-4)27(26)24(6-2)7-3/h14,16-19,23,26H,5-13,15,20-21H2,1-4H3. The Morgan fingerprint density at radius 1 is 0.778 bits per heavy atom. The molecular weight excluding hydrogens is 351 g/mol. The van der Waals surface area contributed by atoms with E-state index >= 15 is 0 Å². The molecule has 0 radical (unpaired) electrons. The highest BCUT2D eigenvalue weighted by Gasteiger charge is 2.24. The minimum atomic E-state index is -1.19. The average Bonchev–Trinajstić information content (AvgIpc) is 2.71. The van der Waals surface area contributed by atoms with Gasteiger partial charge in [-0.1, -0.05) is 103 Å². The van der Waals surface area contributed by atoms with Crippen molar-refractivity contribution in [1.29, 1.82) is 0 Å². The molecule has 1 N–H and O–H groups in total. The molecule has 0 heterocycles. The van der Waals surface area contributed by atoms with Crippen LogP contribution in [0.25, 0.3) is 0 Å². The maximum Gasteiger partial charge on any atom is 0.185 e. The maximum atomic E-state index is 10.9. The molecule has 0 saturated carbocycles. The zero-order valence-corrected chi connectivity index (χ0v) is 19.1. The van der Waals surface area contributed by atoms with Gasteiger partial charge in [-0.15, -0.1) is 0 Å². The Balaban J connectivity index is 2.63. The molecule has 3 nitrogen and oxygen atoms in total. The van der Waals surface area contributed by atoms with Crippen LogP contribution >= 0.6 is 8.45 Å². The van der Waals surface area contributed by atoms with Gasteiger partial charge in [0.05, 0.1) is 0 Å². The van der Waals surface area contributed by atoms with E-state index in [2.05, 4.69) is 67.4 Å². The lowest BCUT2D eigenvalue weighted by atomic mass is 9.92. The Kier molecular flexibility index (Phi) is 14.1. The smallest absolute Gasteiger partial charge is 0.185 e. The SMILES string of the molecule is CCCCCCCCCC(CN(CC)P(O)N(CC)CC)c1ccccc1. The van der Waals surface area contributed by atoms with Gasteiger partial charge in [0.1, 0.15) is 0 Å². The number of benzene rings is 1. The van der Waals surface area contributed by atoms with Gasteiger partial charge < -0.3 is 4.89 Å². The van der Waals surface area contributed by atoms with Crippen molar-refractivity contribution in [3.63, 3.8) is 0 Å². The van der Waals surface area contributed by atoms with Crippen LogP contribution in [0, 0.1) is 0 Å². The summed E-state index contributed by atoms with van der Waals surface area (Å²) in [5.74, 6) is 0.509. The van der Waals surface area contributed by atoms with E-state index in [-0.39, 0.29) is 0 Å². The van der Waals surface area contributed by atoms with Crippen LogP contribution in [0.1, 0.15) is 90.5 Å². The van der Waals surface area contributed by atoms with Crippen molar-refractivity contribution >= 4 is 8.45 Å². The van der Waals surface area contributed by atoms with Crippen molar-refractivity contribution in [2.75, 3.05) is 26.2 Å². The predicted octanol–water partition coefficient (Wildman–Crippen LogP) is 6.79. The minimum absolute atomic E-state index is 0.509. The summed E-state index contributed by atoms with van der Waals surface area (Å²) in [6.45, 7) is 12.4. The van der Waals surface area contributed by atoms with Gasteiger partial charge in [-0.05, 0) is 17.9 Å². The third-order valence-corrected chi connectivity index (χ3v) is 7.48. The van der Waals surface area contributed by atoms with Gasteiger partial charge in [-0.2, -0.15) is 0 Å². The van der Waals surface area contributed by atoms with E-state index in [0.29, 0.717) is 5.92 Å². The summed E-state index contributed by atoms with van der Waals surface area (Å²) >= 11 is 0. The van der Waals surface area contributed by atoms with Gasteiger partial charge >= 0.3 is 0 Å². The maximum absolute atomic E-state index is 10.9. The third-order valence-electron chi connectivity index (χ3n) is 5.46. The van der Waals surface area contributed by atoms with E-state index in [4.69, 9.17) is 0 Å². The number of unbranched alkanes of at least 4 members (excludes halogenated alkanes) is 6. The highest BCUT2D eigenvalue weighted by molar-refractivity contribution is 7.46. The van der Waals surface area contributed by atoms with E-state index < -0.39 is 8.45 Å². The number of rotatable bonds is 16. The molecule has 1 aromatic rings. The molecule has 27 heavy (non-hydrogen) atoms. The van der Waals surface area contributed by atoms with Crippen molar-refractivity contribution < 1.29 is 4.89 Å². The van der Waals surface area contributed by atoms with Crippen LogP contribution in [0.4, 0.5) is 0 Å². The molecule has 0 fully saturated rings. The summed E-state index contributed by atoms with van der Waals surface area (Å²) in [4.78, 5) is 10.9. The van der Waals surface area contributed by atoms with Crippen LogP contribution < -0.4 is 0 Å². The molecule has 1 rings (SSSR count). The average molecular weight is 395 g/mol. The van der Waals surface area contributed by atoms with Crippen LogP contribution in [0.3, 0.4) is 0 Å². The summed E-state index contributed by atoms with van der Waals surface area (Å²) in [7, 11) is -1.19. The molecule has 0 aliphatic carbocycles. The molecule has 0 aliphatic heterocycles. The van der Waals surface area contributed by atoms with Gasteiger partial charge in [0.2, 0.25) is 0 Å². The van der Waals surface area contributed by atoms with Crippen molar-refractivity contribution in [3.05, 3.63) is 35.9 Å². The van der Waals surface area contributed by atoms with E-state index in [9.17, 15) is 4.89 Å². The van der Waals surface area contributed by atoms with Crippen LogP contribution in [0.15, 0.2) is 30.3 Å². The monoisotopic (exact) mass is 394 g/mol. The summed E-state index contributed by atoms with van der Waals surface area (Å²) in [6, 6.07) is 10.9. The van der Waals surface area contributed by atoms with Crippen LogP contribution in [-0.2, 0) is 0 Å². The lowest BCUT2D eigenvalue weighted by Crippen LogP contribution is -2.31. The molecule has 0 amide bonds. The second-order valence-corrected chi connectivity index (χ2v) is 9.10. The van der Waals surface area contributed by atoms with Crippen molar-refractivity contribution in [1.82, 2.24) is 9.34 Å². The van der Waals surface area contributed by atoms with Crippen LogP contribution in [-0.4, -0.2) is 40.4 Å². The van der Waals surface area contributed by atoms with E-state index in [1.165, 1.54) is 56.9 Å². The minimum Gasteiger partial charge on any atom is -0.347 e. The van der Waals surface area contributed by atoms with Gasteiger partial charge in [0.15, 0.2) is 8.45 Å². The first kappa shape index (κ1) is 24.6. The molecule has 2 unspecified atom stereocenters. The molecular formula is C23H43N2OP. The number of nitrogens with zero attached hydrogens (tertiary/aromatic N) is 2. The second kappa shape index (κ2) is 15.5. The molecule has 0 aliphatic rings. The zero-order valence-electron chi connectivity index (χ0n) is 18.2. The Bertz CT molecular complexity index is 453. The fourth-order valence-electron chi connectivity index (χ4n) is 3.67. The Morgan fingerprint density at radius 2 is 1.33 bits per heavy atom. The molecule has 156 valence electrons. The quantitative estimate of drug-likeness (QED) is 0.247. The van der Waals surface area contributed by atoms with Crippen molar-refractivity contribution in [3.8, 4) is 0 Å². The molecule has 0 spiro atoms. The molecule has 0 saturated heterocycles. The lowest BCUT2D eigenvalue weighted by molar-refractivity contribution is 0.326. The fourth-order valence-corrected chi connectivity index (χ4v) is 5.13. The van der Waals surface area contributed by atoms with E-state index in [1.807, 2.05) is 0 Å². The fraction of sp³-hybridized carbons (Fsp3) is 0.739. The second-order valence-electron chi connectivity index (χ2n) is 7.43. The Labute approximate surface area is 170 Å². The summed E-state index contributed by atoms with van der Waals surface area (Å²) in [6.07, 6.45) is 10.7. The molecule has 1 aromatic carbocycles. The predicted molar refractivity (Wildman–Crippen MR) is 121 cm³/mol. The van der Waals surface area contributed by atoms with Crippen LogP contribution in [0.5, 0.6) is 0 Å². The van der Waals surface area contributed by atoms with Crippen molar-refractivity contribution in [2.24, 2.45) is 0 Å². The summed E-state index contributed by atoms with van der Waals surface area (Å²) in [5.41, 5.74) is 1.42. The van der Waals surface area contributed by atoms with E-state index in [1.54, 1.807) is 0 Å². The number of hydrogen-bond acceptors (Lipinski definition) is 3. The first-order valence-corrected chi connectivity index (χ1v) is 12.4.